The Bertz CT molecular complexity index is 793. The molecule has 2 aromatic rings. The predicted octanol–water partition coefficient (Wildman–Crippen LogP) is 4.81. The number of aliphatic hydroxyl groups excluding tert-OH is 1. The lowest BCUT2D eigenvalue weighted by molar-refractivity contribution is 0.0657. The molecule has 0 saturated carbocycles. The van der Waals surface area contributed by atoms with E-state index in [2.05, 4.69) is 39.9 Å². The van der Waals surface area contributed by atoms with Crippen molar-refractivity contribution in [2.45, 2.75) is 66.1 Å². The minimum absolute atomic E-state index is 0. The zero-order valence-corrected chi connectivity index (χ0v) is 22.1. The van der Waals surface area contributed by atoms with Crippen LogP contribution in [0.25, 0.3) is 0 Å². The lowest BCUT2D eigenvalue weighted by atomic mass is 10.1. The maximum atomic E-state index is 10.5. The van der Waals surface area contributed by atoms with Crippen LogP contribution in [-0.4, -0.2) is 36.4 Å². The molecule has 2 aromatic carbocycles. The topological polar surface area (TPSA) is 75.1 Å². The Balaban J connectivity index is 0.00000512. The van der Waals surface area contributed by atoms with Crippen molar-refractivity contribution in [1.29, 1.82) is 0 Å². The van der Waals surface area contributed by atoms with E-state index in [9.17, 15) is 5.11 Å². The molecule has 0 radical (unpaired) electrons. The van der Waals surface area contributed by atoms with Crippen molar-refractivity contribution >= 4 is 29.9 Å². The van der Waals surface area contributed by atoms with Crippen LogP contribution in [0.4, 0.5) is 0 Å². The fourth-order valence-corrected chi connectivity index (χ4v) is 2.87. The molecule has 0 saturated heterocycles. The van der Waals surface area contributed by atoms with Crippen molar-refractivity contribution < 1.29 is 14.6 Å². The maximum absolute atomic E-state index is 10.5. The molecule has 0 heterocycles. The Kier molecular flexibility index (Phi) is 13.3. The molecular weight excluding hydrogens is 517 g/mol. The molecule has 0 bridgehead atoms. The van der Waals surface area contributed by atoms with Crippen LogP contribution >= 0.6 is 24.0 Å². The van der Waals surface area contributed by atoms with Crippen LogP contribution in [-0.2, 0) is 17.9 Å². The molecule has 0 amide bonds. The first kappa shape index (κ1) is 28.2. The molecule has 0 fully saturated rings. The molecule has 0 spiro atoms. The molecule has 3 N–H and O–H groups in total. The summed E-state index contributed by atoms with van der Waals surface area (Å²) in [6.45, 7) is 12.3. The monoisotopic (exact) mass is 555 g/mol. The quantitative estimate of drug-likeness (QED) is 0.211. The second kappa shape index (κ2) is 15.1. The number of nitrogens with zero attached hydrogens (tertiary/aromatic N) is 1. The normalized spacial score (nSPS) is 12.4. The summed E-state index contributed by atoms with van der Waals surface area (Å²) in [6, 6.07) is 15.8. The van der Waals surface area contributed by atoms with Crippen LogP contribution in [0.5, 0.6) is 5.75 Å². The molecule has 1 unspecified atom stereocenters. The highest BCUT2D eigenvalue weighted by Crippen LogP contribution is 2.18. The number of aliphatic hydroxyl groups is 1. The van der Waals surface area contributed by atoms with Crippen molar-refractivity contribution in [3.8, 4) is 5.75 Å². The molecule has 0 aliphatic carbocycles. The predicted molar refractivity (Wildman–Crippen MR) is 142 cm³/mol. The van der Waals surface area contributed by atoms with Gasteiger partial charge in [-0.2, -0.15) is 0 Å². The second-order valence-electron chi connectivity index (χ2n) is 8.00. The molecule has 2 rings (SSSR count). The average Bonchev–Trinajstić information content (AvgIpc) is 2.74. The van der Waals surface area contributed by atoms with Crippen LogP contribution in [0.3, 0.4) is 0 Å². The van der Waals surface area contributed by atoms with Crippen LogP contribution in [0.1, 0.15) is 57.4 Å². The van der Waals surface area contributed by atoms with Gasteiger partial charge < -0.3 is 25.2 Å². The van der Waals surface area contributed by atoms with Gasteiger partial charge in [0.15, 0.2) is 5.96 Å². The number of ether oxygens (including phenoxy) is 2. The molecule has 0 aliphatic heterocycles. The molecule has 0 aliphatic rings. The van der Waals surface area contributed by atoms with Gasteiger partial charge in [-0.25, -0.2) is 4.99 Å². The summed E-state index contributed by atoms with van der Waals surface area (Å²) in [7, 11) is 0. The number of aliphatic imine (C=N–C) groups is 1. The molecule has 7 heteroatoms. The van der Waals surface area contributed by atoms with Gasteiger partial charge in [0.25, 0.3) is 0 Å². The third-order valence-electron chi connectivity index (χ3n) is 4.47. The Morgan fingerprint density at radius 1 is 0.906 bits per heavy atom. The van der Waals surface area contributed by atoms with Crippen LogP contribution < -0.4 is 15.4 Å². The van der Waals surface area contributed by atoms with E-state index in [1.54, 1.807) is 0 Å². The standard InChI is InChI=1S/C25H37N3O3.HI/c1-6-26-25(27-15-20-7-9-21(10-8-20)17-30-18(2)3)28-16-24(29)22-11-13-23(14-12-22)31-19(4)5;/h7-14,18-19,24,29H,6,15-17H2,1-5H3,(H2,26,27,28);1H. The Morgan fingerprint density at radius 3 is 2.09 bits per heavy atom. The first-order valence-electron chi connectivity index (χ1n) is 11.0. The van der Waals surface area contributed by atoms with E-state index in [4.69, 9.17) is 9.47 Å². The SMILES string of the molecule is CCNC(=NCc1ccc(COC(C)C)cc1)NCC(O)c1ccc(OC(C)C)cc1.I. The summed E-state index contributed by atoms with van der Waals surface area (Å²) in [5, 5.41) is 17.0. The fourth-order valence-electron chi connectivity index (χ4n) is 2.87. The van der Waals surface area contributed by atoms with E-state index >= 15 is 0 Å². The Morgan fingerprint density at radius 2 is 1.53 bits per heavy atom. The van der Waals surface area contributed by atoms with Crippen molar-refractivity contribution in [2.24, 2.45) is 4.99 Å². The lowest BCUT2D eigenvalue weighted by Gasteiger charge is -2.16. The highest BCUT2D eigenvalue weighted by molar-refractivity contribution is 14.0. The summed E-state index contributed by atoms with van der Waals surface area (Å²) in [5.74, 6) is 1.48. The molecule has 0 aromatic heterocycles. The molecule has 1 atom stereocenters. The Hall–Kier alpha value is -1.84. The third kappa shape index (κ3) is 10.7. The first-order valence-corrected chi connectivity index (χ1v) is 11.0. The van der Waals surface area contributed by atoms with Crippen molar-refractivity contribution in [3.63, 3.8) is 0 Å². The number of rotatable bonds is 11. The molecule has 32 heavy (non-hydrogen) atoms. The molecule has 178 valence electrons. The zero-order chi connectivity index (χ0) is 22.6. The van der Waals surface area contributed by atoms with Crippen LogP contribution in [0.15, 0.2) is 53.5 Å². The van der Waals surface area contributed by atoms with Gasteiger partial charge >= 0.3 is 0 Å². The van der Waals surface area contributed by atoms with Crippen LogP contribution in [0, 0.1) is 0 Å². The second-order valence-corrected chi connectivity index (χ2v) is 8.00. The minimum Gasteiger partial charge on any atom is -0.491 e. The molecule has 6 nitrogen and oxygen atoms in total. The van der Waals surface area contributed by atoms with E-state index < -0.39 is 6.10 Å². The van der Waals surface area contributed by atoms with E-state index in [1.807, 2.05) is 58.9 Å². The molecular formula is C25H38IN3O3. The number of guanidine groups is 1. The van der Waals surface area contributed by atoms with Gasteiger partial charge in [0.2, 0.25) is 0 Å². The van der Waals surface area contributed by atoms with Gasteiger partial charge in [0.05, 0.1) is 31.5 Å². The van der Waals surface area contributed by atoms with Gasteiger partial charge in [-0.3, -0.25) is 0 Å². The van der Waals surface area contributed by atoms with Gasteiger partial charge in [-0.05, 0) is 63.4 Å². The van der Waals surface area contributed by atoms with Crippen LogP contribution in [0.2, 0.25) is 0 Å². The van der Waals surface area contributed by atoms with Gasteiger partial charge in [0, 0.05) is 13.1 Å². The minimum atomic E-state index is -0.641. The van der Waals surface area contributed by atoms with Gasteiger partial charge in [-0.15, -0.1) is 24.0 Å². The largest absolute Gasteiger partial charge is 0.491 e. The summed E-state index contributed by atoms with van der Waals surface area (Å²) in [4.78, 5) is 4.63. The van der Waals surface area contributed by atoms with E-state index in [0.29, 0.717) is 25.7 Å². The fraction of sp³-hybridized carbons (Fsp3) is 0.480. The summed E-state index contributed by atoms with van der Waals surface area (Å²) >= 11 is 0. The lowest BCUT2D eigenvalue weighted by Crippen LogP contribution is -2.39. The summed E-state index contributed by atoms with van der Waals surface area (Å²) in [6.07, 6.45) is -0.294. The van der Waals surface area contributed by atoms with Crippen molar-refractivity contribution in [3.05, 3.63) is 65.2 Å². The number of hydrogen-bond donors (Lipinski definition) is 3. The number of hydrogen-bond acceptors (Lipinski definition) is 4. The summed E-state index contributed by atoms with van der Waals surface area (Å²) < 4.78 is 11.3. The average molecular weight is 556 g/mol. The number of benzene rings is 2. The van der Waals surface area contributed by atoms with Crippen molar-refractivity contribution in [1.82, 2.24) is 10.6 Å². The van der Waals surface area contributed by atoms with E-state index in [-0.39, 0.29) is 36.2 Å². The van der Waals surface area contributed by atoms with E-state index in [1.165, 1.54) is 0 Å². The highest BCUT2D eigenvalue weighted by atomic mass is 127. The smallest absolute Gasteiger partial charge is 0.191 e. The van der Waals surface area contributed by atoms with Gasteiger partial charge in [0.1, 0.15) is 5.75 Å². The Labute approximate surface area is 209 Å². The number of halogens is 1. The first-order chi connectivity index (χ1) is 14.9. The number of nitrogens with one attached hydrogen (secondary N) is 2. The van der Waals surface area contributed by atoms with Gasteiger partial charge in [-0.1, -0.05) is 36.4 Å². The summed E-state index contributed by atoms with van der Waals surface area (Å²) in [5.41, 5.74) is 3.10. The zero-order valence-electron chi connectivity index (χ0n) is 19.8. The highest BCUT2D eigenvalue weighted by Gasteiger charge is 2.09. The third-order valence-corrected chi connectivity index (χ3v) is 4.47. The van der Waals surface area contributed by atoms with E-state index in [0.717, 1.165) is 29.0 Å². The van der Waals surface area contributed by atoms with Crippen molar-refractivity contribution in [2.75, 3.05) is 13.1 Å². The maximum Gasteiger partial charge on any atom is 0.191 e.